The van der Waals surface area contributed by atoms with E-state index in [2.05, 4.69) is 25.4 Å². The van der Waals surface area contributed by atoms with E-state index in [1.54, 1.807) is 30.4 Å². The van der Waals surface area contributed by atoms with Crippen LogP contribution in [0.1, 0.15) is 31.2 Å². The number of carbonyl (C=O) groups excluding carboxylic acids is 1. The Morgan fingerprint density at radius 2 is 2.14 bits per heavy atom. The third kappa shape index (κ3) is 2.69. The molecule has 2 aromatic rings. The average molecular weight is 288 g/mol. The van der Waals surface area contributed by atoms with E-state index in [1.807, 2.05) is 0 Å². The lowest BCUT2D eigenvalue weighted by molar-refractivity contribution is 0.133. The Labute approximate surface area is 121 Å². The van der Waals surface area contributed by atoms with Crippen LogP contribution >= 0.6 is 0 Å². The minimum absolute atomic E-state index is 0.129. The molecule has 1 aliphatic heterocycles. The van der Waals surface area contributed by atoms with Gasteiger partial charge in [-0.2, -0.15) is 4.98 Å². The fourth-order valence-electron chi connectivity index (χ4n) is 2.45. The molecule has 1 N–H and O–H groups in total. The van der Waals surface area contributed by atoms with Crippen LogP contribution < -0.4 is 5.32 Å². The van der Waals surface area contributed by atoms with Gasteiger partial charge in [0.15, 0.2) is 0 Å². The van der Waals surface area contributed by atoms with Gasteiger partial charge in [0.05, 0.1) is 0 Å². The van der Waals surface area contributed by atoms with E-state index in [4.69, 9.17) is 4.52 Å². The number of hydrogen-bond donors (Lipinski definition) is 1. The first-order chi connectivity index (χ1) is 10.3. The molecule has 0 bridgehead atoms. The van der Waals surface area contributed by atoms with Gasteiger partial charge in [-0.25, -0.2) is 14.8 Å². The topological polar surface area (TPSA) is 97.0 Å². The Morgan fingerprint density at radius 1 is 1.33 bits per heavy atom. The Bertz CT molecular complexity index is 614. The molecule has 3 rings (SSSR count). The second kappa shape index (κ2) is 5.86. The Balaban J connectivity index is 1.86. The lowest BCUT2D eigenvalue weighted by Gasteiger charge is -2.32. The summed E-state index contributed by atoms with van der Waals surface area (Å²) in [7, 11) is 1.62. The minimum atomic E-state index is -0.191. The van der Waals surface area contributed by atoms with Crippen molar-refractivity contribution < 1.29 is 9.32 Å². The zero-order valence-corrected chi connectivity index (χ0v) is 11.7. The summed E-state index contributed by atoms with van der Waals surface area (Å²) in [6.45, 7) is 0.684. The van der Waals surface area contributed by atoms with Crippen molar-refractivity contribution in [3.63, 3.8) is 0 Å². The number of nitrogens with zero attached hydrogens (tertiary/aromatic N) is 5. The zero-order chi connectivity index (χ0) is 14.7. The molecule has 21 heavy (non-hydrogen) atoms. The maximum Gasteiger partial charge on any atom is 0.317 e. The van der Waals surface area contributed by atoms with Gasteiger partial charge in [-0.1, -0.05) is 5.16 Å². The highest BCUT2D eigenvalue weighted by Crippen LogP contribution is 2.30. The zero-order valence-electron chi connectivity index (χ0n) is 11.7. The monoisotopic (exact) mass is 288 g/mol. The predicted molar refractivity (Wildman–Crippen MR) is 73.1 cm³/mol. The summed E-state index contributed by atoms with van der Waals surface area (Å²) < 4.78 is 5.32. The van der Waals surface area contributed by atoms with E-state index in [0.717, 1.165) is 19.3 Å². The Hall–Kier alpha value is -2.51. The molecule has 0 saturated carbocycles. The molecule has 2 amide bonds. The van der Waals surface area contributed by atoms with Crippen molar-refractivity contribution >= 4 is 6.03 Å². The minimum Gasteiger partial charge on any atom is -0.341 e. The molecule has 0 spiro atoms. The molecular weight excluding hydrogens is 272 g/mol. The van der Waals surface area contributed by atoms with E-state index >= 15 is 0 Å². The number of rotatable bonds is 2. The van der Waals surface area contributed by atoms with Crippen LogP contribution in [0.5, 0.6) is 0 Å². The summed E-state index contributed by atoms with van der Waals surface area (Å²) in [5.74, 6) is 1.18. The summed E-state index contributed by atoms with van der Waals surface area (Å²) in [6, 6.07) is 1.40. The average Bonchev–Trinajstić information content (AvgIpc) is 3.05. The van der Waals surface area contributed by atoms with Gasteiger partial charge in [0.25, 0.3) is 0 Å². The second-order valence-electron chi connectivity index (χ2n) is 4.79. The number of aromatic nitrogens is 4. The fraction of sp³-hybridized carbons (Fsp3) is 0.462. The summed E-state index contributed by atoms with van der Waals surface area (Å²) in [4.78, 5) is 26.2. The molecule has 1 saturated heterocycles. The van der Waals surface area contributed by atoms with Crippen LogP contribution in [-0.4, -0.2) is 44.6 Å². The van der Waals surface area contributed by atoms with Crippen molar-refractivity contribution in [2.75, 3.05) is 13.6 Å². The summed E-state index contributed by atoms with van der Waals surface area (Å²) in [5, 5.41) is 6.56. The molecule has 8 heteroatoms. The van der Waals surface area contributed by atoms with E-state index < -0.39 is 0 Å². The van der Waals surface area contributed by atoms with Gasteiger partial charge in [-0.05, 0) is 25.3 Å². The Morgan fingerprint density at radius 3 is 2.90 bits per heavy atom. The molecule has 8 nitrogen and oxygen atoms in total. The second-order valence-corrected chi connectivity index (χ2v) is 4.79. The smallest absolute Gasteiger partial charge is 0.317 e. The number of hydrogen-bond acceptors (Lipinski definition) is 6. The quantitative estimate of drug-likeness (QED) is 0.897. The van der Waals surface area contributed by atoms with Gasteiger partial charge in [0.1, 0.15) is 6.04 Å². The largest absolute Gasteiger partial charge is 0.341 e. The first kappa shape index (κ1) is 13.5. The van der Waals surface area contributed by atoms with Gasteiger partial charge in [0, 0.05) is 26.0 Å². The van der Waals surface area contributed by atoms with Crippen LogP contribution in [0.4, 0.5) is 4.79 Å². The molecule has 0 aliphatic carbocycles. The van der Waals surface area contributed by atoms with Gasteiger partial charge >= 0.3 is 6.03 Å². The van der Waals surface area contributed by atoms with E-state index in [-0.39, 0.29) is 12.1 Å². The van der Waals surface area contributed by atoms with Gasteiger partial charge in [0.2, 0.25) is 17.5 Å². The van der Waals surface area contributed by atoms with Gasteiger partial charge in [-0.15, -0.1) is 0 Å². The van der Waals surface area contributed by atoms with Crippen molar-refractivity contribution in [2.24, 2.45) is 0 Å². The van der Waals surface area contributed by atoms with Crippen molar-refractivity contribution in [1.82, 2.24) is 30.3 Å². The van der Waals surface area contributed by atoms with Crippen molar-refractivity contribution in [2.45, 2.75) is 25.3 Å². The molecule has 1 atom stereocenters. The molecule has 2 aromatic heterocycles. The van der Waals surface area contributed by atoms with Crippen LogP contribution in [0.3, 0.4) is 0 Å². The highest BCUT2D eigenvalue weighted by molar-refractivity contribution is 5.74. The maximum atomic E-state index is 11.9. The highest BCUT2D eigenvalue weighted by Gasteiger charge is 2.32. The summed E-state index contributed by atoms with van der Waals surface area (Å²) >= 11 is 0. The van der Waals surface area contributed by atoms with Crippen molar-refractivity contribution in [1.29, 1.82) is 0 Å². The fourth-order valence-corrected chi connectivity index (χ4v) is 2.45. The normalized spacial score (nSPS) is 18.5. The molecule has 3 heterocycles. The van der Waals surface area contributed by atoms with E-state index in [9.17, 15) is 4.79 Å². The number of carbonyl (C=O) groups is 1. The van der Waals surface area contributed by atoms with Crippen LogP contribution in [-0.2, 0) is 0 Å². The Kier molecular flexibility index (Phi) is 3.76. The van der Waals surface area contributed by atoms with Crippen LogP contribution in [0, 0.1) is 0 Å². The molecule has 0 radical (unpaired) electrons. The molecular formula is C13H16N6O2. The number of urea groups is 1. The predicted octanol–water partition coefficient (Wildman–Crippen LogP) is 1.39. The van der Waals surface area contributed by atoms with E-state index in [0.29, 0.717) is 24.1 Å². The number of nitrogens with one attached hydrogen (secondary N) is 1. The van der Waals surface area contributed by atoms with Crippen molar-refractivity contribution in [3.8, 4) is 11.6 Å². The maximum absolute atomic E-state index is 11.9. The molecule has 0 aromatic carbocycles. The van der Waals surface area contributed by atoms with Crippen LogP contribution in [0.15, 0.2) is 23.0 Å². The molecule has 1 unspecified atom stereocenters. The first-order valence-corrected chi connectivity index (χ1v) is 6.89. The summed E-state index contributed by atoms with van der Waals surface area (Å²) in [6.07, 6.45) is 6.06. The SMILES string of the molecule is CNC(=O)N1CCCCC1c1nc(-c2ncccn2)no1. The first-order valence-electron chi connectivity index (χ1n) is 6.89. The van der Waals surface area contributed by atoms with Gasteiger partial charge < -0.3 is 14.7 Å². The molecule has 1 fully saturated rings. The van der Waals surface area contributed by atoms with Crippen LogP contribution in [0.25, 0.3) is 11.6 Å². The van der Waals surface area contributed by atoms with E-state index in [1.165, 1.54) is 0 Å². The number of amides is 2. The third-order valence-corrected chi connectivity index (χ3v) is 3.47. The lowest BCUT2D eigenvalue weighted by atomic mass is 10.0. The standard InChI is InChI=1S/C13H16N6O2/c1-14-13(20)19-8-3-2-5-9(19)12-17-11(18-21-12)10-15-6-4-7-16-10/h4,6-7,9H,2-3,5,8H2,1H3,(H,14,20). The third-order valence-electron chi connectivity index (χ3n) is 3.47. The summed E-state index contributed by atoms with van der Waals surface area (Å²) in [5.41, 5.74) is 0. The molecule has 1 aliphatic rings. The van der Waals surface area contributed by atoms with Crippen LogP contribution in [0.2, 0.25) is 0 Å². The lowest BCUT2D eigenvalue weighted by Crippen LogP contribution is -2.43. The number of likely N-dealkylation sites (tertiary alicyclic amines) is 1. The van der Waals surface area contributed by atoms with Crippen molar-refractivity contribution in [3.05, 3.63) is 24.4 Å². The van der Waals surface area contributed by atoms with Gasteiger partial charge in [-0.3, -0.25) is 0 Å². The highest BCUT2D eigenvalue weighted by atomic mass is 16.5. The molecule has 110 valence electrons. The number of piperidine rings is 1.